The summed E-state index contributed by atoms with van der Waals surface area (Å²) in [4.78, 5) is 12.8. The van der Waals surface area contributed by atoms with E-state index >= 15 is 0 Å². The summed E-state index contributed by atoms with van der Waals surface area (Å²) in [6, 6.07) is 11.6. The molecule has 1 aliphatic rings. The van der Waals surface area contributed by atoms with E-state index in [-0.39, 0.29) is 17.3 Å². The first-order valence-corrected chi connectivity index (χ1v) is 8.18. The summed E-state index contributed by atoms with van der Waals surface area (Å²) >= 11 is 6.31. The van der Waals surface area contributed by atoms with E-state index in [4.69, 9.17) is 11.6 Å². The summed E-state index contributed by atoms with van der Waals surface area (Å²) < 4.78 is 0. The highest BCUT2D eigenvalue weighted by Gasteiger charge is 2.40. The maximum Gasteiger partial charge on any atom is 0.169 e. The maximum atomic E-state index is 12.8. The third kappa shape index (κ3) is 2.99. The Labute approximate surface area is 151 Å². The Morgan fingerprint density at radius 2 is 1.96 bits per heavy atom. The van der Waals surface area contributed by atoms with Crippen LogP contribution >= 0.6 is 11.6 Å². The third-order valence-corrected chi connectivity index (χ3v) is 4.78. The molecule has 0 heterocycles. The second-order valence-electron chi connectivity index (χ2n) is 5.95. The highest BCUT2D eigenvalue weighted by Crippen LogP contribution is 2.45. The van der Waals surface area contributed by atoms with Gasteiger partial charge in [-0.2, -0.15) is 0 Å². The Morgan fingerprint density at radius 1 is 1.20 bits per heavy atom. The molecule has 0 radical (unpaired) electrons. The van der Waals surface area contributed by atoms with Crippen LogP contribution in [0.5, 0.6) is 11.5 Å². The molecule has 2 aromatic carbocycles. The number of phenols is 2. The predicted octanol–water partition coefficient (Wildman–Crippen LogP) is 4.79. The van der Waals surface area contributed by atoms with Crippen molar-refractivity contribution < 1.29 is 15.0 Å². The van der Waals surface area contributed by atoms with Crippen LogP contribution in [-0.2, 0) is 10.2 Å². The van der Waals surface area contributed by atoms with Crippen LogP contribution in [0.4, 0.5) is 0 Å². The number of ketones is 1. The second kappa shape index (κ2) is 6.61. The molecule has 0 spiro atoms. The van der Waals surface area contributed by atoms with Gasteiger partial charge in [-0.3, -0.25) is 4.79 Å². The van der Waals surface area contributed by atoms with Gasteiger partial charge < -0.3 is 10.2 Å². The van der Waals surface area contributed by atoms with E-state index < -0.39 is 5.41 Å². The summed E-state index contributed by atoms with van der Waals surface area (Å²) in [6.45, 7) is 3.60. The summed E-state index contributed by atoms with van der Waals surface area (Å²) in [5, 5.41) is 20.8. The first-order valence-electron chi connectivity index (χ1n) is 7.80. The van der Waals surface area contributed by atoms with Gasteiger partial charge in [0.2, 0.25) is 0 Å². The van der Waals surface area contributed by atoms with E-state index in [1.165, 1.54) is 24.3 Å². The number of rotatable bonds is 4. The number of phenolic OH excluding ortho intramolecular Hbond substituents is 2. The second-order valence-corrected chi connectivity index (χ2v) is 6.36. The smallest absolute Gasteiger partial charge is 0.169 e. The fourth-order valence-corrected chi connectivity index (χ4v) is 3.46. The van der Waals surface area contributed by atoms with Gasteiger partial charge in [0, 0.05) is 10.6 Å². The Bertz CT molecular complexity index is 911. The number of halogens is 1. The Balaban J connectivity index is 2.16. The van der Waals surface area contributed by atoms with Gasteiger partial charge in [-0.15, -0.1) is 0 Å². The van der Waals surface area contributed by atoms with Crippen LogP contribution < -0.4 is 0 Å². The number of carbonyl (C=O) groups excluding carboxylic acids is 1. The van der Waals surface area contributed by atoms with Crippen molar-refractivity contribution in [1.82, 2.24) is 0 Å². The van der Waals surface area contributed by atoms with E-state index in [0.29, 0.717) is 17.0 Å². The zero-order chi connectivity index (χ0) is 18.0. The number of hydrogen-bond acceptors (Lipinski definition) is 3. The molecule has 1 aliphatic carbocycles. The van der Waals surface area contributed by atoms with Crippen LogP contribution in [-0.4, -0.2) is 16.0 Å². The van der Waals surface area contributed by atoms with E-state index in [1.54, 1.807) is 18.2 Å². The number of aromatic hydroxyl groups is 2. The van der Waals surface area contributed by atoms with E-state index in [2.05, 4.69) is 6.58 Å². The lowest BCUT2D eigenvalue weighted by Gasteiger charge is -2.33. The third-order valence-electron chi connectivity index (χ3n) is 4.45. The van der Waals surface area contributed by atoms with Crippen LogP contribution in [0, 0.1) is 0 Å². The highest BCUT2D eigenvalue weighted by molar-refractivity contribution is 6.32. The number of hydrogen-bond donors (Lipinski definition) is 2. The fourth-order valence-electron chi connectivity index (χ4n) is 3.20. The van der Waals surface area contributed by atoms with Crippen molar-refractivity contribution in [2.24, 2.45) is 0 Å². The van der Waals surface area contributed by atoms with Crippen molar-refractivity contribution >= 4 is 23.0 Å². The summed E-state index contributed by atoms with van der Waals surface area (Å²) in [5.41, 5.74) is 0.889. The van der Waals surface area contributed by atoms with Crippen molar-refractivity contribution in [3.05, 3.63) is 89.5 Å². The van der Waals surface area contributed by atoms with Gasteiger partial charge >= 0.3 is 0 Å². The van der Waals surface area contributed by atoms with Crippen LogP contribution in [0.2, 0.25) is 5.02 Å². The SMILES string of the molecule is C=CC(=O)C1(c2cc(O)ccc2O)C=CC=C(c2ccccc2Cl)C1. The van der Waals surface area contributed by atoms with Crippen LogP contribution in [0.15, 0.2) is 73.3 Å². The van der Waals surface area contributed by atoms with E-state index in [0.717, 1.165) is 11.1 Å². The van der Waals surface area contributed by atoms with Crippen molar-refractivity contribution in [3.8, 4) is 11.5 Å². The molecular weight excluding hydrogens is 336 g/mol. The first-order chi connectivity index (χ1) is 12.0. The molecule has 0 saturated heterocycles. The summed E-state index contributed by atoms with van der Waals surface area (Å²) in [7, 11) is 0. The fraction of sp³-hybridized carbons (Fsp3) is 0.0952. The standard InChI is InChI=1S/C21H17ClO3/c1-2-20(25)21(17-12-15(23)9-10-19(17)24)11-5-6-14(13-21)16-7-3-4-8-18(16)22/h2-12,23-24H,1,13H2. The van der Waals surface area contributed by atoms with Crippen LogP contribution in [0.25, 0.3) is 5.57 Å². The maximum absolute atomic E-state index is 12.8. The molecule has 1 unspecified atom stereocenters. The quantitative estimate of drug-likeness (QED) is 0.614. The lowest BCUT2D eigenvalue weighted by Crippen LogP contribution is -2.34. The van der Waals surface area contributed by atoms with Gasteiger partial charge in [-0.25, -0.2) is 0 Å². The zero-order valence-electron chi connectivity index (χ0n) is 13.4. The average molecular weight is 353 g/mol. The van der Waals surface area contributed by atoms with Gasteiger partial charge in [0.15, 0.2) is 5.78 Å². The van der Waals surface area contributed by atoms with Gasteiger partial charge in [0.1, 0.15) is 11.5 Å². The molecule has 0 aliphatic heterocycles. The molecule has 0 fully saturated rings. The monoisotopic (exact) mass is 352 g/mol. The van der Waals surface area contributed by atoms with Crippen molar-refractivity contribution in [1.29, 1.82) is 0 Å². The van der Waals surface area contributed by atoms with Crippen molar-refractivity contribution in [3.63, 3.8) is 0 Å². The van der Waals surface area contributed by atoms with Gasteiger partial charge in [-0.1, -0.05) is 54.6 Å². The largest absolute Gasteiger partial charge is 0.508 e. The molecule has 2 N–H and O–H groups in total. The molecule has 2 aromatic rings. The summed E-state index contributed by atoms with van der Waals surface area (Å²) in [6.07, 6.45) is 6.94. The highest BCUT2D eigenvalue weighted by atomic mass is 35.5. The number of carbonyl (C=O) groups is 1. The molecule has 1 atom stereocenters. The molecule has 4 heteroatoms. The number of allylic oxidation sites excluding steroid dienone is 5. The topological polar surface area (TPSA) is 57.5 Å². The average Bonchev–Trinajstić information content (AvgIpc) is 2.63. The van der Waals surface area contributed by atoms with Crippen molar-refractivity contribution in [2.45, 2.75) is 11.8 Å². The molecule has 0 bridgehead atoms. The zero-order valence-corrected chi connectivity index (χ0v) is 14.2. The predicted molar refractivity (Wildman–Crippen MR) is 99.8 cm³/mol. The van der Waals surface area contributed by atoms with Gasteiger partial charge in [0.05, 0.1) is 5.41 Å². The lowest BCUT2D eigenvalue weighted by molar-refractivity contribution is -0.118. The molecule has 3 rings (SSSR count). The molecule has 0 amide bonds. The molecule has 25 heavy (non-hydrogen) atoms. The van der Waals surface area contributed by atoms with Gasteiger partial charge in [0.25, 0.3) is 0 Å². The minimum atomic E-state index is -1.15. The minimum absolute atomic E-state index is 0.0220. The minimum Gasteiger partial charge on any atom is -0.508 e. The Kier molecular flexibility index (Phi) is 4.51. The van der Waals surface area contributed by atoms with E-state index in [1.807, 2.05) is 24.3 Å². The van der Waals surface area contributed by atoms with Crippen LogP contribution in [0.1, 0.15) is 17.5 Å². The molecular formula is C21H17ClO3. The first kappa shape index (κ1) is 17.1. The molecule has 3 nitrogen and oxygen atoms in total. The lowest BCUT2D eigenvalue weighted by atomic mass is 9.68. The van der Waals surface area contributed by atoms with Crippen molar-refractivity contribution in [2.75, 3.05) is 0 Å². The molecule has 0 aromatic heterocycles. The Morgan fingerprint density at radius 3 is 2.68 bits per heavy atom. The van der Waals surface area contributed by atoms with Crippen LogP contribution in [0.3, 0.4) is 0 Å². The molecule has 126 valence electrons. The number of benzene rings is 2. The van der Waals surface area contributed by atoms with E-state index in [9.17, 15) is 15.0 Å². The molecule has 0 saturated carbocycles. The Hall–Kier alpha value is -2.78. The normalized spacial score (nSPS) is 19.3. The summed E-state index contributed by atoms with van der Waals surface area (Å²) in [5.74, 6) is -0.341. The van der Waals surface area contributed by atoms with Gasteiger partial charge in [-0.05, 0) is 47.9 Å².